The third-order valence-electron chi connectivity index (χ3n) is 2.31. The normalized spacial score (nSPS) is 10.7. The minimum atomic E-state index is -0.175. The molecule has 1 amide bonds. The Balaban J connectivity index is 2.36. The Hall–Kier alpha value is -2.04. The van der Waals surface area contributed by atoms with E-state index in [9.17, 15) is 4.79 Å². The van der Waals surface area contributed by atoms with E-state index < -0.39 is 0 Å². The molecule has 0 fully saturated rings. The summed E-state index contributed by atoms with van der Waals surface area (Å²) >= 11 is 0. The van der Waals surface area contributed by atoms with Crippen LogP contribution >= 0.6 is 0 Å². The fourth-order valence-electron chi connectivity index (χ4n) is 1.33. The van der Waals surface area contributed by atoms with Gasteiger partial charge in [-0.2, -0.15) is 0 Å². The van der Waals surface area contributed by atoms with Crippen molar-refractivity contribution < 1.29 is 14.4 Å². The number of oxime groups is 1. The molecule has 0 aliphatic heterocycles. The van der Waals surface area contributed by atoms with Crippen molar-refractivity contribution in [2.75, 3.05) is 20.3 Å². The van der Waals surface area contributed by atoms with Gasteiger partial charge in [0.25, 0.3) is 5.91 Å². The molecule has 0 spiro atoms. The highest BCUT2D eigenvalue weighted by Gasteiger charge is 2.02. The number of para-hydroxylation sites is 1. The van der Waals surface area contributed by atoms with Gasteiger partial charge in [-0.3, -0.25) is 4.79 Å². The van der Waals surface area contributed by atoms with Crippen molar-refractivity contribution in [1.29, 1.82) is 0 Å². The molecule has 0 saturated heterocycles. The Labute approximate surface area is 113 Å². The van der Waals surface area contributed by atoms with E-state index in [0.29, 0.717) is 18.2 Å². The molecule has 0 aromatic heterocycles. The molecule has 5 nitrogen and oxygen atoms in total. The molecule has 0 saturated carbocycles. The number of carbonyl (C=O) groups is 1. The second-order valence-electron chi connectivity index (χ2n) is 4.45. The highest BCUT2D eigenvalue weighted by Crippen LogP contribution is 2.14. The minimum Gasteiger partial charge on any atom is -0.496 e. The number of hydrogen-bond acceptors (Lipinski definition) is 4. The standard InChI is InChI=1S/C14H20N2O3/c1-11(2)8-15-14(17)10-19-16-9-12-6-4-5-7-13(12)18-3/h4-7,9,11H,8,10H2,1-3H3,(H,15,17)/b16-9+. The van der Waals surface area contributed by atoms with E-state index in [1.807, 2.05) is 38.1 Å². The number of nitrogens with one attached hydrogen (secondary N) is 1. The summed E-state index contributed by atoms with van der Waals surface area (Å²) in [7, 11) is 1.59. The molecule has 19 heavy (non-hydrogen) atoms. The van der Waals surface area contributed by atoms with Crippen LogP contribution in [0.4, 0.5) is 0 Å². The maximum atomic E-state index is 11.3. The number of nitrogens with zero attached hydrogens (tertiary/aromatic N) is 1. The molecular formula is C14H20N2O3. The number of hydrogen-bond donors (Lipinski definition) is 1. The van der Waals surface area contributed by atoms with Crippen molar-refractivity contribution in [2.24, 2.45) is 11.1 Å². The molecule has 0 heterocycles. The van der Waals surface area contributed by atoms with E-state index in [0.717, 1.165) is 5.56 Å². The van der Waals surface area contributed by atoms with Gasteiger partial charge in [0, 0.05) is 12.1 Å². The van der Waals surface area contributed by atoms with Crippen LogP contribution in [0.1, 0.15) is 19.4 Å². The second kappa shape index (κ2) is 8.13. The molecule has 0 bridgehead atoms. The van der Waals surface area contributed by atoms with Crippen molar-refractivity contribution in [2.45, 2.75) is 13.8 Å². The van der Waals surface area contributed by atoms with Gasteiger partial charge in [0.05, 0.1) is 13.3 Å². The number of ether oxygens (including phenoxy) is 1. The zero-order valence-electron chi connectivity index (χ0n) is 11.6. The van der Waals surface area contributed by atoms with Crippen LogP contribution in [0.3, 0.4) is 0 Å². The highest BCUT2D eigenvalue weighted by atomic mass is 16.6. The van der Waals surface area contributed by atoms with Gasteiger partial charge in [-0.05, 0) is 18.1 Å². The average Bonchev–Trinajstić information content (AvgIpc) is 2.41. The minimum absolute atomic E-state index is 0.0850. The van der Waals surface area contributed by atoms with Gasteiger partial charge < -0.3 is 14.9 Å². The monoisotopic (exact) mass is 264 g/mol. The molecule has 5 heteroatoms. The molecule has 0 aliphatic rings. The summed E-state index contributed by atoms with van der Waals surface area (Å²) in [5, 5.41) is 6.49. The number of carbonyl (C=O) groups excluding carboxylic acids is 1. The third kappa shape index (κ3) is 5.90. The quantitative estimate of drug-likeness (QED) is 0.603. The molecule has 0 atom stereocenters. The van der Waals surface area contributed by atoms with E-state index >= 15 is 0 Å². The van der Waals surface area contributed by atoms with Gasteiger partial charge in [-0.25, -0.2) is 0 Å². The van der Waals surface area contributed by atoms with Gasteiger partial charge in [-0.1, -0.05) is 31.1 Å². The number of methoxy groups -OCH3 is 1. The van der Waals surface area contributed by atoms with Crippen LogP contribution in [0.25, 0.3) is 0 Å². The lowest BCUT2D eigenvalue weighted by Crippen LogP contribution is -2.30. The molecule has 1 N–H and O–H groups in total. The van der Waals surface area contributed by atoms with Crippen molar-refractivity contribution in [3.8, 4) is 5.75 Å². The fourth-order valence-corrected chi connectivity index (χ4v) is 1.33. The van der Waals surface area contributed by atoms with E-state index in [1.165, 1.54) is 6.21 Å². The van der Waals surface area contributed by atoms with E-state index in [2.05, 4.69) is 10.5 Å². The lowest BCUT2D eigenvalue weighted by molar-refractivity contribution is -0.125. The van der Waals surface area contributed by atoms with E-state index in [-0.39, 0.29) is 12.5 Å². The summed E-state index contributed by atoms with van der Waals surface area (Å²) in [6.07, 6.45) is 1.52. The van der Waals surface area contributed by atoms with Crippen LogP contribution in [-0.2, 0) is 9.63 Å². The molecule has 0 aliphatic carbocycles. The Morgan fingerprint density at radius 2 is 2.16 bits per heavy atom. The molecule has 1 rings (SSSR count). The van der Waals surface area contributed by atoms with Crippen molar-refractivity contribution in [1.82, 2.24) is 5.32 Å². The smallest absolute Gasteiger partial charge is 0.260 e. The lowest BCUT2D eigenvalue weighted by Gasteiger charge is -2.06. The predicted molar refractivity (Wildman–Crippen MR) is 74.4 cm³/mol. The number of amides is 1. The topological polar surface area (TPSA) is 59.9 Å². The first kappa shape index (κ1) is 15.0. The highest BCUT2D eigenvalue weighted by molar-refractivity contribution is 5.83. The first-order valence-corrected chi connectivity index (χ1v) is 6.18. The van der Waals surface area contributed by atoms with Crippen LogP contribution in [0.15, 0.2) is 29.4 Å². The first-order chi connectivity index (χ1) is 9.13. The third-order valence-corrected chi connectivity index (χ3v) is 2.31. The maximum Gasteiger partial charge on any atom is 0.260 e. The van der Waals surface area contributed by atoms with Crippen molar-refractivity contribution in [3.63, 3.8) is 0 Å². The van der Waals surface area contributed by atoms with E-state index in [1.54, 1.807) is 7.11 Å². The van der Waals surface area contributed by atoms with Gasteiger partial charge in [0.2, 0.25) is 0 Å². The average molecular weight is 264 g/mol. The first-order valence-electron chi connectivity index (χ1n) is 6.18. The van der Waals surface area contributed by atoms with E-state index in [4.69, 9.17) is 9.57 Å². The second-order valence-corrected chi connectivity index (χ2v) is 4.45. The van der Waals surface area contributed by atoms with Crippen LogP contribution in [0.5, 0.6) is 5.75 Å². The lowest BCUT2D eigenvalue weighted by atomic mass is 10.2. The Morgan fingerprint density at radius 3 is 2.84 bits per heavy atom. The van der Waals surface area contributed by atoms with Gasteiger partial charge in [0.1, 0.15) is 5.75 Å². The fraction of sp³-hybridized carbons (Fsp3) is 0.429. The van der Waals surface area contributed by atoms with Gasteiger partial charge >= 0.3 is 0 Å². The zero-order chi connectivity index (χ0) is 14.1. The number of benzene rings is 1. The van der Waals surface area contributed by atoms with Crippen LogP contribution in [-0.4, -0.2) is 32.4 Å². The van der Waals surface area contributed by atoms with Crippen LogP contribution in [0, 0.1) is 5.92 Å². The summed E-state index contributed by atoms with van der Waals surface area (Å²) in [5.41, 5.74) is 0.799. The molecule has 1 aromatic carbocycles. The summed E-state index contributed by atoms with van der Waals surface area (Å²) < 4.78 is 5.16. The SMILES string of the molecule is COc1ccccc1/C=N/OCC(=O)NCC(C)C. The van der Waals surface area contributed by atoms with Crippen molar-refractivity contribution in [3.05, 3.63) is 29.8 Å². The molecule has 0 unspecified atom stereocenters. The number of rotatable bonds is 7. The molecule has 104 valence electrons. The van der Waals surface area contributed by atoms with Gasteiger partial charge in [0.15, 0.2) is 6.61 Å². The largest absolute Gasteiger partial charge is 0.496 e. The summed E-state index contributed by atoms with van der Waals surface area (Å²) in [6.45, 7) is 4.61. The summed E-state index contributed by atoms with van der Waals surface area (Å²) in [6, 6.07) is 7.43. The Kier molecular flexibility index (Phi) is 6.43. The summed E-state index contributed by atoms with van der Waals surface area (Å²) in [5.74, 6) is 0.950. The zero-order valence-corrected chi connectivity index (χ0v) is 11.6. The Bertz CT molecular complexity index is 430. The Morgan fingerprint density at radius 1 is 1.42 bits per heavy atom. The van der Waals surface area contributed by atoms with Crippen molar-refractivity contribution >= 4 is 12.1 Å². The van der Waals surface area contributed by atoms with Gasteiger partial charge in [-0.15, -0.1) is 0 Å². The maximum absolute atomic E-state index is 11.3. The van der Waals surface area contributed by atoms with Crippen LogP contribution in [0.2, 0.25) is 0 Å². The molecule has 0 radical (unpaired) electrons. The molecular weight excluding hydrogens is 244 g/mol. The predicted octanol–water partition coefficient (Wildman–Crippen LogP) is 1.82. The molecule has 1 aromatic rings. The summed E-state index contributed by atoms with van der Waals surface area (Å²) in [4.78, 5) is 16.3. The van der Waals surface area contributed by atoms with Crippen LogP contribution < -0.4 is 10.1 Å².